The highest BCUT2D eigenvalue weighted by molar-refractivity contribution is 6.33. The van der Waals surface area contributed by atoms with E-state index in [1.165, 1.54) is 0 Å². The summed E-state index contributed by atoms with van der Waals surface area (Å²) in [5.41, 5.74) is 4.74. The molecule has 11 heteroatoms. The third-order valence-electron chi connectivity index (χ3n) is 6.84. The summed E-state index contributed by atoms with van der Waals surface area (Å²) in [7, 11) is 1.62. The van der Waals surface area contributed by atoms with Gasteiger partial charge in [0.05, 0.1) is 12.6 Å². The maximum Gasteiger partial charge on any atom is 0.410 e. The standard InChI is InChI=1S/C31H33ClN6O4/c1-19-16-21(24-18-23(41-5)10-11-25(24)32)17-26-27(19)34-29(36-35-26)33-22-8-6-20(7-9-22)28(39)37-12-14-38(15-13-37)30(40)42-31(2,3)4/h6-11,16-18H,12-15H2,1-5H3,(H,33,34,36). The van der Waals surface area contributed by atoms with E-state index in [0.29, 0.717) is 59.5 Å². The highest BCUT2D eigenvalue weighted by Gasteiger charge is 2.28. The number of fused-ring (bicyclic) bond motifs is 1. The van der Waals surface area contributed by atoms with Gasteiger partial charge >= 0.3 is 6.09 Å². The van der Waals surface area contributed by atoms with Crippen LogP contribution >= 0.6 is 11.6 Å². The molecule has 0 atom stereocenters. The van der Waals surface area contributed by atoms with Gasteiger partial charge in [-0.25, -0.2) is 9.78 Å². The van der Waals surface area contributed by atoms with Gasteiger partial charge in [0.25, 0.3) is 5.91 Å². The van der Waals surface area contributed by atoms with Crippen LogP contribution in [0.5, 0.6) is 5.75 Å². The lowest BCUT2D eigenvalue weighted by Crippen LogP contribution is -2.51. The molecule has 2 heterocycles. The molecule has 0 radical (unpaired) electrons. The molecule has 0 bridgehead atoms. The van der Waals surface area contributed by atoms with Crippen LogP contribution in [0.4, 0.5) is 16.4 Å². The molecule has 0 spiro atoms. The van der Waals surface area contributed by atoms with Gasteiger partial charge in [-0.2, -0.15) is 0 Å². The van der Waals surface area contributed by atoms with E-state index in [0.717, 1.165) is 22.4 Å². The van der Waals surface area contributed by atoms with Gasteiger partial charge in [-0.05, 0) is 93.4 Å². The van der Waals surface area contributed by atoms with Crippen molar-refractivity contribution in [3.05, 3.63) is 70.7 Å². The smallest absolute Gasteiger partial charge is 0.410 e. The summed E-state index contributed by atoms with van der Waals surface area (Å²) >= 11 is 6.46. The lowest BCUT2D eigenvalue weighted by atomic mass is 10.0. The summed E-state index contributed by atoms with van der Waals surface area (Å²) in [6.07, 6.45) is -0.354. The van der Waals surface area contributed by atoms with Gasteiger partial charge < -0.3 is 24.6 Å². The van der Waals surface area contributed by atoms with Gasteiger partial charge in [0.2, 0.25) is 5.95 Å². The highest BCUT2D eigenvalue weighted by atomic mass is 35.5. The van der Waals surface area contributed by atoms with E-state index in [4.69, 9.17) is 21.1 Å². The molecule has 42 heavy (non-hydrogen) atoms. The Morgan fingerprint density at radius 2 is 1.62 bits per heavy atom. The predicted octanol–water partition coefficient (Wildman–Crippen LogP) is 6.10. The van der Waals surface area contributed by atoms with Crippen LogP contribution in [0.3, 0.4) is 0 Å². The number of amides is 2. The molecule has 3 aromatic carbocycles. The molecule has 5 rings (SSSR count). The minimum Gasteiger partial charge on any atom is -0.497 e. The number of nitrogens with one attached hydrogen (secondary N) is 1. The van der Waals surface area contributed by atoms with Crippen LogP contribution in [0.2, 0.25) is 5.02 Å². The molecule has 0 aliphatic carbocycles. The van der Waals surface area contributed by atoms with Gasteiger partial charge in [-0.15, -0.1) is 10.2 Å². The Kier molecular flexibility index (Phi) is 8.17. The van der Waals surface area contributed by atoms with Crippen molar-refractivity contribution in [2.45, 2.75) is 33.3 Å². The van der Waals surface area contributed by atoms with Gasteiger partial charge in [0, 0.05) is 48.0 Å². The van der Waals surface area contributed by atoms with E-state index in [9.17, 15) is 9.59 Å². The van der Waals surface area contributed by atoms with E-state index in [1.807, 2.05) is 52.0 Å². The summed E-state index contributed by atoms with van der Waals surface area (Å²) in [6, 6.07) is 16.5. The second-order valence-electron chi connectivity index (χ2n) is 11.1. The van der Waals surface area contributed by atoms with Gasteiger partial charge in [-0.1, -0.05) is 11.6 Å². The van der Waals surface area contributed by atoms with Crippen molar-refractivity contribution in [2.24, 2.45) is 0 Å². The first-order chi connectivity index (χ1) is 20.0. The minimum absolute atomic E-state index is 0.0865. The summed E-state index contributed by atoms with van der Waals surface area (Å²) in [4.78, 5) is 33.4. The van der Waals surface area contributed by atoms with E-state index >= 15 is 0 Å². The summed E-state index contributed by atoms with van der Waals surface area (Å²) < 4.78 is 10.8. The van der Waals surface area contributed by atoms with Crippen molar-refractivity contribution in [1.29, 1.82) is 0 Å². The molecule has 4 aromatic rings. The first-order valence-electron chi connectivity index (χ1n) is 13.6. The van der Waals surface area contributed by atoms with Crippen molar-refractivity contribution in [3.63, 3.8) is 0 Å². The van der Waals surface area contributed by atoms with E-state index in [2.05, 4.69) is 20.5 Å². The third kappa shape index (κ3) is 6.54. The number of rotatable bonds is 5. The molecule has 1 N–H and O–H groups in total. The zero-order valence-electron chi connectivity index (χ0n) is 24.3. The molecule has 1 aromatic heterocycles. The van der Waals surface area contributed by atoms with E-state index in [1.54, 1.807) is 47.2 Å². The molecule has 218 valence electrons. The predicted molar refractivity (Wildman–Crippen MR) is 163 cm³/mol. The fourth-order valence-electron chi connectivity index (χ4n) is 4.70. The van der Waals surface area contributed by atoms with Crippen molar-refractivity contribution >= 4 is 46.3 Å². The van der Waals surface area contributed by atoms with Gasteiger partial charge in [-0.3, -0.25) is 4.79 Å². The quantitative estimate of drug-likeness (QED) is 0.298. The Bertz CT molecular complexity index is 1630. The number of anilines is 2. The molecular weight excluding hydrogens is 556 g/mol. The first-order valence-corrected chi connectivity index (χ1v) is 14.0. The molecular formula is C31H33ClN6O4. The van der Waals surface area contributed by atoms with Crippen LogP contribution in [-0.2, 0) is 4.74 Å². The number of aryl methyl sites for hydroxylation is 1. The van der Waals surface area contributed by atoms with Crippen molar-refractivity contribution in [3.8, 4) is 16.9 Å². The first kappa shape index (κ1) is 29.1. The molecule has 1 aliphatic rings. The Hall–Kier alpha value is -4.44. The largest absolute Gasteiger partial charge is 0.497 e. The van der Waals surface area contributed by atoms with Crippen molar-refractivity contribution in [1.82, 2.24) is 25.0 Å². The average Bonchev–Trinajstić information content (AvgIpc) is 2.97. The number of methoxy groups -OCH3 is 1. The van der Waals surface area contributed by atoms with E-state index < -0.39 is 5.60 Å². The lowest BCUT2D eigenvalue weighted by molar-refractivity contribution is 0.0141. The number of carbonyl (C=O) groups is 2. The Labute approximate surface area is 249 Å². The summed E-state index contributed by atoms with van der Waals surface area (Å²) in [5.74, 6) is 0.969. The van der Waals surface area contributed by atoms with Crippen molar-refractivity contribution < 1.29 is 19.1 Å². The number of hydrogen-bond acceptors (Lipinski definition) is 8. The molecule has 1 saturated heterocycles. The van der Waals surface area contributed by atoms with Crippen molar-refractivity contribution in [2.75, 3.05) is 38.6 Å². The third-order valence-corrected chi connectivity index (χ3v) is 7.17. The van der Waals surface area contributed by atoms with Crippen LogP contribution in [0, 0.1) is 6.92 Å². The fraction of sp³-hybridized carbons (Fsp3) is 0.323. The molecule has 1 fully saturated rings. The number of benzene rings is 3. The number of hydrogen-bond donors (Lipinski definition) is 1. The number of piperazine rings is 1. The monoisotopic (exact) mass is 588 g/mol. The summed E-state index contributed by atoms with van der Waals surface area (Å²) in [5, 5.41) is 12.4. The van der Waals surface area contributed by atoms with Gasteiger partial charge in [0.1, 0.15) is 16.9 Å². The minimum atomic E-state index is -0.553. The summed E-state index contributed by atoms with van der Waals surface area (Å²) in [6.45, 7) is 9.22. The second kappa shape index (κ2) is 11.8. The number of halogens is 1. The molecule has 0 saturated carbocycles. The number of ether oxygens (including phenoxy) is 2. The zero-order chi connectivity index (χ0) is 30.0. The maximum atomic E-state index is 13.1. The maximum absolute atomic E-state index is 13.1. The SMILES string of the molecule is COc1ccc(Cl)c(-c2cc(C)c3nc(Nc4ccc(C(=O)N5CCN(C(=O)OC(C)(C)C)CC5)cc4)nnc3c2)c1. The Balaban J connectivity index is 1.24. The van der Waals surface area contributed by atoms with Gasteiger partial charge in [0.15, 0.2) is 0 Å². The molecule has 10 nitrogen and oxygen atoms in total. The van der Waals surface area contributed by atoms with Crippen LogP contribution < -0.4 is 10.1 Å². The Morgan fingerprint density at radius 3 is 2.29 bits per heavy atom. The second-order valence-corrected chi connectivity index (χ2v) is 11.5. The molecule has 2 amide bonds. The zero-order valence-corrected chi connectivity index (χ0v) is 25.0. The van der Waals surface area contributed by atoms with Crippen LogP contribution in [-0.4, -0.2) is 75.9 Å². The number of aromatic nitrogens is 3. The topological polar surface area (TPSA) is 110 Å². The Morgan fingerprint density at radius 1 is 0.929 bits per heavy atom. The number of nitrogens with zero attached hydrogens (tertiary/aromatic N) is 5. The van der Waals surface area contributed by atoms with Crippen LogP contribution in [0.15, 0.2) is 54.6 Å². The molecule has 1 aliphatic heterocycles. The average molecular weight is 589 g/mol. The van der Waals surface area contributed by atoms with E-state index in [-0.39, 0.29) is 12.0 Å². The normalized spacial score (nSPS) is 13.7. The highest BCUT2D eigenvalue weighted by Crippen LogP contribution is 2.34. The lowest BCUT2D eigenvalue weighted by Gasteiger charge is -2.35. The van der Waals surface area contributed by atoms with Crippen LogP contribution in [0.1, 0.15) is 36.7 Å². The number of carbonyl (C=O) groups excluding carboxylic acids is 2. The fourth-order valence-corrected chi connectivity index (χ4v) is 4.93. The molecule has 0 unspecified atom stereocenters. The van der Waals surface area contributed by atoms with Crippen LogP contribution in [0.25, 0.3) is 22.2 Å².